The molecule has 1 atom stereocenters. The highest BCUT2D eigenvalue weighted by Gasteiger charge is 2.12. The molecule has 1 aromatic carbocycles. The second-order valence-electron chi connectivity index (χ2n) is 4.52. The zero-order chi connectivity index (χ0) is 12.3. The molecular formula is C13H20ClNO. The van der Waals surface area contributed by atoms with E-state index in [0.717, 1.165) is 12.2 Å². The monoisotopic (exact) mass is 241 g/mol. The van der Waals surface area contributed by atoms with Crippen molar-refractivity contribution in [1.29, 1.82) is 0 Å². The Morgan fingerprint density at radius 1 is 1.31 bits per heavy atom. The first-order valence-electron chi connectivity index (χ1n) is 5.57. The van der Waals surface area contributed by atoms with Gasteiger partial charge in [-0.25, -0.2) is 0 Å². The third-order valence-electron chi connectivity index (χ3n) is 2.58. The van der Waals surface area contributed by atoms with Gasteiger partial charge >= 0.3 is 0 Å². The predicted molar refractivity (Wildman–Crippen MR) is 69.4 cm³/mol. The van der Waals surface area contributed by atoms with Gasteiger partial charge in [-0.3, -0.25) is 0 Å². The van der Waals surface area contributed by atoms with Crippen molar-refractivity contribution >= 4 is 11.6 Å². The molecule has 0 spiro atoms. The second-order valence-corrected chi connectivity index (χ2v) is 4.93. The molecule has 90 valence electrons. The summed E-state index contributed by atoms with van der Waals surface area (Å²) in [4.78, 5) is 0. The van der Waals surface area contributed by atoms with Gasteiger partial charge in [0.25, 0.3) is 0 Å². The molecule has 0 saturated carbocycles. The van der Waals surface area contributed by atoms with Gasteiger partial charge in [0.1, 0.15) is 5.75 Å². The summed E-state index contributed by atoms with van der Waals surface area (Å²) >= 11 is 6.12. The van der Waals surface area contributed by atoms with E-state index < -0.39 is 0 Å². The van der Waals surface area contributed by atoms with Gasteiger partial charge in [0.15, 0.2) is 0 Å². The Labute approximate surface area is 103 Å². The van der Waals surface area contributed by atoms with E-state index in [9.17, 15) is 0 Å². The van der Waals surface area contributed by atoms with Gasteiger partial charge in [-0.1, -0.05) is 25.4 Å². The van der Waals surface area contributed by atoms with Gasteiger partial charge in [0.05, 0.1) is 12.1 Å². The van der Waals surface area contributed by atoms with Crippen LogP contribution < -0.4 is 10.5 Å². The number of rotatable bonds is 4. The molecular weight excluding hydrogens is 222 g/mol. The molecule has 0 saturated heterocycles. The molecule has 0 amide bonds. The molecule has 0 heterocycles. The molecule has 1 aromatic rings. The topological polar surface area (TPSA) is 35.2 Å². The van der Waals surface area contributed by atoms with Crippen LogP contribution in [0.25, 0.3) is 0 Å². The van der Waals surface area contributed by atoms with Crippen LogP contribution >= 0.6 is 11.6 Å². The maximum atomic E-state index is 6.12. The third-order valence-corrected chi connectivity index (χ3v) is 2.87. The van der Waals surface area contributed by atoms with Gasteiger partial charge in [-0.05, 0) is 42.5 Å². The lowest BCUT2D eigenvalue weighted by Gasteiger charge is -2.17. The van der Waals surface area contributed by atoms with Crippen LogP contribution in [0.1, 0.15) is 37.8 Å². The lowest BCUT2D eigenvalue weighted by Crippen LogP contribution is -2.19. The normalized spacial score (nSPS) is 12.9. The molecule has 0 radical (unpaired) electrons. The smallest absolute Gasteiger partial charge is 0.137 e. The summed E-state index contributed by atoms with van der Waals surface area (Å²) in [7, 11) is 1.64. The van der Waals surface area contributed by atoms with Gasteiger partial charge in [-0.2, -0.15) is 0 Å². The zero-order valence-corrected chi connectivity index (χ0v) is 11.1. The van der Waals surface area contributed by atoms with Gasteiger partial charge < -0.3 is 10.5 Å². The van der Waals surface area contributed by atoms with Crippen molar-refractivity contribution in [2.24, 2.45) is 5.73 Å². The Morgan fingerprint density at radius 2 is 1.94 bits per heavy atom. The highest BCUT2D eigenvalue weighted by Crippen LogP contribution is 2.32. The van der Waals surface area contributed by atoms with Crippen molar-refractivity contribution in [2.45, 2.75) is 39.2 Å². The van der Waals surface area contributed by atoms with Crippen LogP contribution in [0.4, 0.5) is 0 Å². The molecule has 2 nitrogen and oxygen atoms in total. The molecule has 3 heteroatoms. The number of nitrogens with two attached hydrogens (primary N) is 1. The highest BCUT2D eigenvalue weighted by molar-refractivity contribution is 6.32. The van der Waals surface area contributed by atoms with E-state index in [1.807, 2.05) is 19.1 Å². The summed E-state index contributed by atoms with van der Waals surface area (Å²) in [6.07, 6.45) is 0.844. The molecule has 0 bridgehead atoms. The average Bonchev–Trinajstić information content (AvgIpc) is 2.16. The van der Waals surface area contributed by atoms with Crippen molar-refractivity contribution in [3.63, 3.8) is 0 Å². The average molecular weight is 242 g/mol. The van der Waals surface area contributed by atoms with Gasteiger partial charge in [0.2, 0.25) is 0 Å². The number of benzene rings is 1. The van der Waals surface area contributed by atoms with Crippen molar-refractivity contribution in [3.8, 4) is 5.75 Å². The molecule has 1 unspecified atom stereocenters. The van der Waals surface area contributed by atoms with Crippen LogP contribution in [0.3, 0.4) is 0 Å². The fourth-order valence-corrected chi connectivity index (χ4v) is 2.09. The summed E-state index contributed by atoms with van der Waals surface area (Å²) in [5.74, 6) is 1.18. The number of hydrogen-bond donors (Lipinski definition) is 1. The minimum absolute atomic E-state index is 0.141. The van der Waals surface area contributed by atoms with Crippen molar-refractivity contribution in [2.75, 3.05) is 7.11 Å². The molecule has 0 aromatic heterocycles. The minimum atomic E-state index is 0.141. The van der Waals surface area contributed by atoms with Crippen molar-refractivity contribution < 1.29 is 4.74 Å². The quantitative estimate of drug-likeness (QED) is 0.877. The molecule has 2 N–H and O–H groups in total. The lowest BCUT2D eigenvalue weighted by molar-refractivity contribution is 0.414. The van der Waals surface area contributed by atoms with E-state index in [2.05, 4.69) is 13.8 Å². The number of methoxy groups -OCH3 is 1. The van der Waals surface area contributed by atoms with Crippen LogP contribution in [-0.2, 0) is 6.42 Å². The second kappa shape index (κ2) is 5.55. The summed E-state index contributed by atoms with van der Waals surface area (Å²) in [6.45, 7) is 6.32. The predicted octanol–water partition coefficient (Wildman–Crippen LogP) is 3.36. The fourth-order valence-electron chi connectivity index (χ4n) is 1.83. The molecule has 0 aliphatic heterocycles. The van der Waals surface area contributed by atoms with E-state index in [4.69, 9.17) is 22.1 Å². The van der Waals surface area contributed by atoms with E-state index in [0.29, 0.717) is 10.9 Å². The molecule has 0 fully saturated rings. The SMILES string of the molecule is COc1cc(C(C)C)c(CC(C)N)cc1Cl. The van der Waals surface area contributed by atoms with Crippen LogP contribution in [0.15, 0.2) is 12.1 Å². The summed E-state index contributed by atoms with van der Waals surface area (Å²) in [6, 6.07) is 4.13. The standard InChI is InChI=1S/C13H20ClNO/c1-8(2)11-7-13(16-4)12(14)6-10(11)5-9(3)15/h6-9H,5,15H2,1-4H3. The van der Waals surface area contributed by atoms with Crippen LogP contribution in [-0.4, -0.2) is 13.2 Å². The number of hydrogen-bond acceptors (Lipinski definition) is 2. The molecule has 1 rings (SSSR count). The number of halogens is 1. The number of ether oxygens (including phenoxy) is 1. The summed E-state index contributed by atoms with van der Waals surface area (Å²) in [5.41, 5.74) is 8.32. The first-order valence-corrected chi connectivity index (χ1v) is 5.95. The largest absolute Gasteiger partial charge is 0.495 e. The van der Waals surface area contributed by atoms with Crippen LogP contribution in [0.5, 0.6) is 5.75 Å². The van der Waals surface area contributed by atoms with Gasteiger partial charge in [0, 0.05) is 6.04 Å². The van der Waals surface area contributed by atoms with E-state index >= 15 is 0 Å². The molecule has 16 heavy (non-hydrogen) atoms. The zero-order valence-electron chi connectivity index (χ0n) is 10.4. The van der Waals surface area contributed by atoms with E-state index in [-0.39, 0.29) is 6.04 Å². The third kappa shape index (κ3) is 3.13. The maximum Gasteiger partial charge on any atom is 0.137 e. The van der Waals surface area contributed by atoms with Crippen molar-refractivity contribution in [1.82, 2.24) is 0 Å². The Bertz CT molecular complexity index is 361. The molecule has 0 aliphatic rings. The first-order chi connectivity index (χ1) is 7.45. The summed E-state index contributed by atoms with van der Waals surface area (Å²) in [5, 5.41) is 0.655. The highest BCUT2D eigenvalue weighted by atomic mass is 35.5. The Kier molecular flexibility index (Phi) is 4.63. The Balaban J connectivity index is 3.19. The van der Waals surface area contributed by atoms with Crippen LogP contribution in [0.2, 0.25) is 5.02 Å². The van der Waals surface area contributed by atoms with Crippen molar-refractivity contribution in [3.05, 3.63) is 28.3 Å². The maximum absolute atomic E-state index is 6.12. The van der Waals surface area contributed by atoms with Crippen LogP contribution in [0, 0.1) is 0 Å². The lowest BCUT2D eigenvalue weighted by atomic mass is 9.93. The Morgan fingerprint density at radius 3 is 2.38 bits per heavy atom. The Hall–Kier alpha value is -0.730. The fraction of sp³-hybridized carbons (Fsp3) is 0.538. The molecule has 0 aliphatic carbocycles. The van der Waals surface area contributed by atoms with E-state index in [1.54, 1.807) is 7.11 Å². The minimum Gasteiger partial charge on any atom is -0.495 e. The van der Waals surface area contributed by atoms with Gasteiger partial charge in [-0.15, -0.1) is 0 Å². The first kappa shape index (κ1) is 13.3. The summed E-state index contributed by atoms with van der Waals surface area (Å²) < 4.78 is 5.23. The van der Waals surface area contributed by atoms with E-state index in [1.165, 1.54) is 11.1 Å².